The van der Waals surface area contributed by atoms with Gasteiger partial charge in [-0.2, -0.15) is 0 Å². The average Bonchev–Trinajstić information content (AvgIpc) is 3.20. The van der Waals surface area contributed by atoms with E-state index in [1.165, 1.54) is 4.88 Å². The van der Waals surface area contributed by atoms with Gasteiger partial charge in [0.25, 0.3) is 0 Å². The van der Waals surface area contributed by atoms with Crippen molar-refractivity contribution in [3.05, 3.63) is 76.2 Å². The van der Waals surface area contributed by atoms with E-state index in [2.05, 4.69) is 34.1 Å². The van der Waals surface area contributed by atoms with Crippen LogP contribution in [-0.4, -0.2) is 16.6 Å². The van der Waals surface area contributed by atoms with Gasteiger partial charge in [0.1, 0.15) is 5.69 Å². The highest BCUT2D eigenvalue weighted by molar-refractivity contribution is 7.09. The van der Waals surface area contributed by atoms with Gasteiger partial charge in [0.15, 0.2) is 5.76 Å². The maximum atomic E-state index is 5.92. The molecular formula is C18H17ClN2OS. The normalized spacial score (nSPS) is 11.0. The van der Waals surface area contributed by atoms with Gasteiger partial charge in [-0.15, -0.1) is 17.9 Å². The average molecular weight is 345 g/mol. The van der Waals surface area contributed by atoms with Crippen LogP contribution < -0.4 is 0 Å². The van der Waals surface area contributed by atoms with E-state index in [1.54, 1.807) is 11.3 Å². The molecule has 0 saturated carbocycles. The highest BCUT2D eigenvalue weighted by Crippen LogP contribution is 2.22. The summed E-state index contributed by atoms with van der Waals surface area (Å²) < 4.78 is 5.49. The molecule has 23 heavy (non-hydrogen) atoms. The van der Waals surface area contributed by atoms with Crippen LogP contribution >= 0.6 is 22.9 Å². The summed E-state index contributed by atoms with van der Waals surface area (Å²) in [7, 11) is 0. The van der Waals surface area contributed by atoms with Crippen LogP contribution in [0.4, 0.5) is 0 Å². The summed E-state index contributed by atoms with van der Waals surface area (Å²) in [4.78, 5) is 3.59. The van der Waals surface area contributed by atoms with E-state index in [4.69, 9.17) is 16.1 Å². The summed E-state index contributed by atoms with van der Waals surface area (Å²) in [6, 6.07) is 13.8. The lowest BCUT2D eigenvalue weighted by molar-refractivity contribution is 0.246. The number of thiophene rings is 1. The minimum atomic E-state index is 0.699. The molecule has 118 valence electrons. The van der Waals surface area contributed by atoms with Crippen molar-refractivity contribution in [2.75, 3.05) is 6.54 Å². The summed E-state index contributed by atoms with van der Waals surface area (Å²) in [5.74, 6) is 0.841. The lowest BCUT2D eigenvalue weighted by Gasteiger charge is -2.17. The molecule has 3 nitrogen and oxygen atoms in total. The first kappa shape index (κ1) is 16.0. The zero-order valence-electron chi connectivity index (χ0n) is 12.6. The van der Waals surface area contributed by atoms with E-state index in [0.717, 1.165) is 30.1 Å². The zero-order valence-corrected chi connectivity index (χ0v) is 14.2. The van der Waals surface area contributed by atoms with Crippen molar-refractivity contribution in [3.8, 4) is 11.3 Å². The summed E-state index contributed by atoms with van der Waals surface area (Å²) >= 11 is 7.67. The van der Waals surface area contributed by atoms with Gasteiger partial charge in [0.05, 0.1) is 6.54 Å². The van der Waals surface area contributed by atoms with Crippen molar-refractivity contribution in [1.82, 2.24) is 10.1 Å². The van der Waals surface area contributed by atoms with Crippen LogP contribution in [0, 0.1) is 0 Å². The Morgan fingerprint density at radius 3 is 2.74 bits per heavy atom. The van der Waals surface area contributed by atoms with E-state index in [9.17, 15) is 0 Å². The Labute approximate surface area is 144 Å². The first-order valence-corrected chi connectivity index (χ1v) is 8.57. The maximum absolute atomic E-state index is 5.92. The Balaban J connectivity index is 1.70. The molecule has 1 aromatic carbocycles. The molecule has 3 rings (SSSR count). The van der Waals surface area contributed by atoms with Gasteiger partial charge >= 0.3 is 0 Å². The van der Waals surface area contributed by atoms with Gasteiger partial charge in [-0.3, -0.25) is 4.90 Å². The number of aromatic nitrogens is 1. The Morgan fingerprint density at radius 2 is 2.04 bits per heavy atom. The predicted molar refractivity (Wildman–Crippen MR) is 95.6 cm³/mol. The number of rotatable bonds is 7. The van der Waals surface area contributed by atoms with Crippen molar-refractivity contribution in [2.45, 2.75) is 13.1 Å². The molecule has 0 fully saturated rings. The van der Waals surface area contributed by atoms with E-state index < -0.39 is 0 Å². The smallest absolute Gasteiger partial charge is 0.151 e. The number of hydrogen-bond donors (Lipinski definition) is 0. The molecule has 0 amide bonds. The lowest BCUT2D eigenvalue weighted by Crippen LogP contribution is -2.22. The molecule has 5 heteroatoms. The molecule has 0 spiro atoms. The van der Waals surface area contributed by atoms with Gasteiger partial charge in [-0.05, 0) is 23.6 Å². The van der Waals surface area contributed by atoms with Crippen LogP contribution in [-0.2, 0) is 13.1 Å². The second kappa shape index (κ2) is 7.59. The number of benzene rings is 1. The fraction of sp³-hybridized carbons (Fsp3) is 0.167. The lowest BCUT2D eigenvalue weighted by atomic mass is 10.1. The zero-order chi connectivity index (χ0) is 16.1. The van der Waals surface area contributed by atoms with E-state index in [1.807, 2.05) is 36.4 Å². The van der Waals surface area contributed by atoms with Crippen molar-refractivity contribution in [2.24, 2.45) is 0 Å². The monoisotopic (exact) mass is 344 g/mol. The fourth-order valence-electron chi connectivity index (χ4n) is 2.36. The van der Waals surface area contributed by atoms with Crippen LogP contribution in [0.15, 0.2) is 65.0 Å². The number of nitrogens with zero attached hydrogens (tertiary/aromatic N) is 2. The Kier molecular flexibility index (Phi) is 5.28. The van der Waals surface area contributed by atoms with Gasteiger partial charge in [-0.1, -0.05) is 41.0 Å². The molecule has 0 N–H and O–H groups in total. The highest BCUT2D eigenvalue weighted by atomic mass is 35.5. The van der Waals surface area contributed by atoms with Crippen LogP contribution in [0.25, 0.3) is 11.3 Å². The number of halogens is 1. The molecule has 0 radical (unpaired) electrons. The van der Waals surface area contributed by atoms with Gasteiger partial charge in [0.2, 0.25) is 0 Å². The van der Waals surface area contributed by atoms with E-state index in [-0.39, 0.29) is 0 Å². The van der Waals surface area contributed by atoms with Crippen molar-refractivity contribution in [3.63, 3.8) is 0 Å². The topological polar surface area (TPSA) is 29.3 Å². The van der Waals surface area contributed by atoms with Crippen molar-refractivity contribution in [1.29, 1.82) is 0 Å². The minimum absolute atomic E-state index is 0.699. The third-order valence-corrected chi connectivity index (χ3v) is 4.54. The molecule has 0 atom stereocenters. The van der Waals surface area contributed by atoms with Crippen LogP contribution in [0.1, 0.15) is 10.6 Å². The fourth-order valence-corrected chi connectivity index (χ4v) is 3.23. The SMILES string of the molecule is C=CCN(Cc1cc(-c2ccc(Cl)cc2)no1)Cc1cccs1. The molecular weight excluding hydrogens is 328 g/mol. The molecule has 2 aromatic heterocycles. The second-order valence-corrected chi connectivity index (χ2v) is 6.69. The van der Waals surface area contributed by atoms with Gasteiger partial charge < -0.3 is 4.52 Å². The molecule has 0 bridgehead atoms. The summed E-state index contributed by atoms with van der Waals surface area (Å²) in [5, 5.41) is 6.96. The molecule has 0 saturated heterocycles. The van der Waals surface area contributed by atoms with Gasteiger partial charge in [-0.25, -0.2) is 0 Å². The van der Waals surface area contributed by atoms with Crippen molar-refractivity contribution >= 4 is 22.9 Å². The summed E-state index contributed by atoms with van der Waals surface area (Å²) in [5.41, 5.74) is 1.82. The highest BCUT2D eigenvalue weighted by Gasteiger charge is 2.12. The summed E-state index contributed by atoms with van der Waals surface area (Å²) in [6.07, 6.45) is 1.91. The van der Waals surface area contributed by atoms with E-state index in [0.29, 0.717) is 11.6 Å². The molecule has 2 heterocycles. The standard InChI is InChI=1S/C18H17ClN2OS/c1-2-9-21(13-17-4-3-10-23-17)12-16-11-18(20-22-16)14-5-7-15(19)8-6-14/h2-8,10-11H,1,9,12-13H2. The van der Waals surface area contributed by atoms with Crippen molar-refractivity contribution < 1.29 is 4.52 Å². The molecule has 3 aromatic rings. The molecule has 0 aliphatic heterocycles. The minimum Gasteiger partial charge on any atom is -0.359 e. The third kappa shape index (κ3) is 4.32. The predicted octanol–water partition coefficient (Wildman–Crippen LogP) is 5.24. The van der Waals surface area contributed by atoms with Crippen LogP contribution in [0.2, 0.25) is 5.02 Å². The first-order valence-electron chi connectivity index (χ1n) is 7.32. The Bertz CT molecular complexity index is 750. The Hall–Kier alpha value is -1.88. The molecule has 0 unspecified atom stereocenters. The maximum Gasteiger partial charge on any atom is 0.151 e. The Morgan fingerprint density at radius 1 is 1.22 bits per heavy atom. The quantitative estimate of drug-likeness (QED) is 0.548. The molecule has 0 aliphatic rings. The summed E-state index contributed by atoms with van der Waals surface area (Å²) in [6.45, 7) is 6.21. The third-order valence-electron chi connectivity index (χ3n) is 3.43. The first-order chi connectivity index (χ1) is 11.2. The van der Waals surface area contributed by atoms with Crippen LogP contribution in [0.3, 0.4) is 0 Å². The second-order valence-electron chi connectivity index (χ2n) is 5.22. The van der Waals surface area contributed by atoms with E-state index >= 15 is 0 Å². The number of hydrogen-bond acceptors (Lipinski definition) is 4. The van der Waals surface area contributed by atoms with Gasteiger partial charge in [0, 0.05) is 34.6 Å². The molecule has 0 aliphatic carbocycles. The van der Waals surface area contributed by atoms with Crippen LogP contribution in [0.5, 0.6) is 0 Å². The largest absolute Gasteiger partial charge is 0.359 e.